The number of urea groups is 1. The lowest BCUT2D eigenvalue weighted by Gasteiger charge is -2.12. The summed E-state index contributed by atoms with van der Waals surface area (Å²) in [4.78, 5) is 29.4. The predicted octanol–water partition coefficient (Wildman–Crippen LogP) is 7.46. The van der Waals surface area contributed by atoms with E-state index in [0.717, 1.165) is 21.0 Å². The van der Waals surface area contributed by atoms with Crippen LogP contribution < -0.4 is 16.0 Å². The molecule has 5 rings (SSSR count). The Kier molecular flexibility index (Phi) is 6.68. The summed E-state index contributed by atoms with van der Waals surface area (Å²) in [5, 5.41) is 7.47. The van der Waals surface area contributed by atoms with Crippen LogP contribution in [0, 0.1) is 5.82 Å². The van der Waals surface area contributed by atoms with Crippen LogP contribution in [0.15, 0.2) is 88.8 Å². The minimum atomic E-state index is -4.67. The van der Waals surface area contributed by atoms with Gasteiger partial charge in [0.25, 0.3) is 5.91 Å². The zero-order valence-electron chi connectivity index (χ0n) is 19.3. The van der Waals surface area contributed by atoms with E-state index in [1.165, 1.54) is 11.8 Å². The second kappa shape index (κ2) is 10.1. The second-order valence-corrected chi connectivity index (χ2v) is 9.39. The Morgan fingerprint density at radius 2 is 1.74 bits per heavy atom. The van der Waals surface area contributed by atoms with Gasteiger partial charge in [-0.05, 0) is 66.7 Å². The zero-order valence-corrected chi connectivity index (χ0v) is 20.1. The summed E-state index contributed by atoms with van der Waals surface area (Å²) in [6.07, 6.45) is -1.12. The Labute approximate surface area is 218 Å². The van der Waals surface area contributed by atoms with Gasteiger partial charge in [-0.1, -0.05) is 23.9 Å². The summed E-state index contributed by atoms with van der Waals surface area (Å²) in [7, 11) is 0. The molecule has 0 bridgehead atoms. The fourth-order valence-electron chi connectivity index (χ4n) is 3.83. The third-order valence-corrected chi connectivity index (χ3v) is 6.54. The largest absolute Gasteiger partial charge is 0.416 e. The number of amides is 3. The molecular weight excluding hydrogens is 520 g/mol. The average Bonchev–Trinajstić information content (AvgIpc) is 3.47. The van der Waals surface area contributed by atoms with Crippen molar-refractivity contribution >= 4 is 52.4 Å². The number of fused-ring (bicyclic) bond motifs is 1. The molecule has 0 atom stereocenters. The molecular formula is C27H18F4N4O2S. The Morgan fingerprint density at radius 1 is 0.921 bits per heavy atom. The lowest BCUT2D eigenvalue weighted by molar-refractivity contribution is -0.137. The summed E-state index contributed by atoms with van der Waals surface area (Å²) in [5.74, 6) is -1.20. The maximum absolute atomic E-state index is 14.0. The highest BCUT2D eigenvalue weighted by Crippen LogP contribution is 2.38. The molecule has 11 heteroatoms. The number of anilines is 3. The third kappa shape index (κ3) is 5.57. The van der Waals surface area contributed by atoms with Gasteiger partial charge in [-0.2, -0.15) is 13.2 Å². The van der Waals surface area contributed by atoms with Gasteiger partial charge in [0, 0.05) is 32.9 Å². The molecule has 38 heavy (non-hydrogen) atoms. The van der Waals surface area contributed by atoms with E-state index in [2.05, 4.69) is 20.9 Å². The molecule has 1 aliphatic heterocycles. The molecule has 0 spiro atoms. The van der Waals surface area contributed by atoms with Gasteiger partial charge in [-0.15, -0.1) is 0 Å². The van der Waals surface area contributed by atoms with E-state index in [9.17, 15) is 27.2 Å². The van der Waals surface area contributed by atoms with E-state index in [4.69, 9.17) is 0 Å². The summed E-state index contributed by atoms with van der Waals surface area (Å²) in [6, 6.07) is 16.9. The number of nitrogens with one attached hydrogen (secondary N) is 4. The van der Waals surface area contributed by atoms with Crippen LogP contribution in [0.2, 0.25) is 0 Å². The summed E-state index contributed by atoms with van der Waals surface area (Å²) >= 11 is 1.38. The molecule has 3 aromatic carbocycles. The molecule has 1 aliphatic rings. The predicted molar refractivity (Wildman–Crippen MR) is 138 cm³/mol. The number of halogens is 4. The van der Waals surface area contributed by atoms with Crippen LogP contribution in [0.3, 0.4) is 0 Å². The number of alkyl halides is 3. The SMILES string of the molecule is O=C(Nc1cccc(Sc2ccc3c(c2)NC(=O)/C3=C\c2ccc[nH]2)c1)Nc1cc(C(F)(F)F)ccc1F. The van der Waals surface area contributed by atoms with Crippen LogP contribution in [0.4, 0.5) is 39.4 Å². The maximum atomic E-state index is 14.0. The molecule has 4 aromatic rings. The number of aromatic amines is 1. The number of carbonyl (C=O) groups excluding carboxylic acids is 2. The van der Waals surface area contributed by atoms with Gasteiger partial charge in [-0.25, -0.2) is 9.18 Å². The molecule has 0 saturated carbocycles. The fraction of sp³-hybridized carbons (Fsp3) is 0.0370. The van der Waals surface area contributed by atoms with Gasteiger partial charge in [-0.3, -0.25) is 4.79 Å². The van der Waals surface area contributed by atoms with Crippen molar-refractivity contribution < 1.29 is 27.2 Å². The first-order valence-corrected chi connectivity index (χ1v) is 12.0. The normalized spacial score (nSPS) is 13.8. The summed E-state index contributed by atoms with van der Waals surface area (Å²) < 4.78 is 52.7. The molecule has 0 aliphatic carbocycles. The minimum Gasteiger partial charge on any atom is -0.362 e. The van der Waals surface area contributed by atoms with Crippen molar-refractivity contribution in [3.8, 4) is 0 Å². The number of benzene rings is 3. The van der Waals surface area contributed by atoms with E-state index in [1.807, 2.05) is 36.4 Å². The van der Waals surface area contributed by atoms with Crippen LogP contribution in [0.5, 0.6) is 0 Å². The molecule has 192 valence electrons. The van der Waals surface area contributed by atoms with Crippen LogP contribution in [0.1, 0.15) is 16.8 Å². The monoisotopic (exact) mass is 538 g/mol. The minimum absolute atomic E-state index is 0.203. The van der Waals surface area contributed by atoms with Crippen LogP contribution in [0.25, 0.3) is 11.6 Å². The summed E-state index contributed by atoms with van der Waals surface area (Å²) in [5.41, 5.74) is 1.50. The van der Waals surface area contributed by atoms with Crippen LogP contribution in [-0.4, -0.2) is 16.9 Å². The average molecular weight is 539 g/mol. The van der Waals surface area contributed by atoms with Crippen molar-refractivity contribution in [1.29, 1.82) is 0 Å². The first-order chi connectivity index (χ1) is 18.2. The van der Waals surface area contributed by atoms with Gasteiger partial charge < -0.3 is 20.9 Å². The van der Waals surface area contributed by atoms with Gasteiger partial charge >= 0.3 is 12.2 Å². The Morgan fingerprint density at radius 3 is 2.50 bits per heavy atom. The summed E-state index contributed by atoms with van der Waals surface area (Å²) in [6.45, 7) is 0. The highest BCUT2D eigenvalue weighted by atomic mass is 32.2. The van der Waals surface area contributed by atoms with Gasteiger partial charge in [0.1, 0.15) is 5.82 Å². The van der Waals surface area contributed by atoms with E-state index in [0.29, 0.717) is 35.1 Å². The van der Waals surface area contributed by atoms with Crippen molar-refractivity contribution in [3.63, 3.8) is 0 Å². The molecule has 6 nitrogen and oxygen atoms in total. The lowest BCUT2D eigenvalue weighted by atomic mass is 10.1. The van der Waals surface area contributed by atoms with Crippen LogP contribution in [-0.2, 0) is 11.0 Å². The van der Waals surface area contributed by atoms with Crippen molar-refractivity contribution in [2.45, 2.75) is 16.0 Å². The van der Waals surface area contributed by atoms with E-state index < -0.39 is 29.3 Å². The third-order valence-electron chi connectivity index (χ3n) is 5.57. The number of carbonyl (C=O) groups is 2. The lowest BCUT2D eigenvalue weighted by Crippen LogP contribution is -2.20. The van der Waals surface area contributed by atoms with Crippen molar-refractivity contribution in [2.75, 3.05) is 16.0 Å². The van der Waals surface area contributed by atoms with Gasteiger partial charge in [0.15, 0.2) is 0 Å². The Hall–Kier alpha value is -4.51. The van der Waals surface area contributed by atoms with Crippen LogP contribution >= 0.6 is 11.8 Å². The number of rotatable bonds is 5. The van der Waals surface area contributed by atoms with Gasteiger partial charge in [0.05, 0.1) is 22.5 Å². The molecule has 4 N–H and O–H groups in total. The quantitative estimate of drug-likeness (QED) is 0.157. The Balaban J connectivity index is 1.28. The zero-order chi connectivity index (χ0) is 26.9. The van der Waals surface area contributed by atoms with Crippen molar-refractivity contribution in [2.24, 2.45) is 0 Å². The number of aromatic nitrogens is 1. The van der Waals surface area contributed by atoms with Crippen molar-refractivity contribution in [3.05, 3.63) is 102 Å². The van der Waals surface area contributed by atoms with Gasteiger partial charge in [0.2, 0.25) is 0 Å². The Bertz CT molecular complexity index is 1570. The maximum Gasteiger partial charge on any atom is 0.416 e. The number of H-pyrrole nitrogens is 1. The highest BCUT2D eigenvalue weighted by molar-refractivity contribution is 7.99. The smallest absolute Gasteiger partial charge is 0.362 e. The molecule has 0 saturated heterocycles. The number of hydrogen-bond donors (Lipinski definition) is 4. The molecule has 3 amide bonds. The van der Waals surface area contributed by atoms with E-state index >= 15 is 0 Å². The van der Waals surface area contributed by atoms with E-state index in [-0.39, 0.29) is 5.91 Å². The molecule has 0 unspecified atom stereocenters. The molecule has 1 aromatic heterocycles. The second-order valence-electron chi connectivity index (χ2n) is 8.25. The van der Waals surface area contributed by atoms with E-state index in [1.54, 1.807) is 30.5 Å². The van der Waals surface area contributed by atoms with Crippen molar-refractivity contribution in [1.82, 2.24) is 4.98 Å². The number of hydrogen-bond acceptors (Lipinski definition) is 3. The topological polar surface area (TPSA) is 86.0 Å². The standard InChI is InChI=1S/C27H18F4N4O2S/c28-22-9-6-15(27(29,30)31)11-24(22)35-26(37)33-17-3-1-5-18(12-17)38-19-7-8-20-21(13-16-4-2-10-32-16)25(36)34-23(20)14-19/h1-14,32H,(H,34,36)(H2,33,35,37)/b21-13-. The molecule has 2 heterocycles. The fourth-order valence-corrected chi connectivity index (χ4v) is 4.74. The first-order valence-electron chi connectivity index (χ1n) is 11.2. The highest BCUT2D eigenvalue weighted by Gasteiger charge is 2.31. The molecule has 0 radical (unpaired) electrons. The molecule has 0 fully saturated rings. The first kappa shape index (κ1) is 25.2.